The van der Waals surface area contributed by atoms with Gasteiger partial charge in [-0.15, -0.1) is 11.8 Å². The van der Waals surface area contributed by atoms with Gasteiger partial charge in [-0.3, -0.25) is 14.7 Å². The predicted molar refractivity (Wildman–Crippen MR) is 82.0 cm³/mol. The van der Waals surface area contributed by atoms with Crippen LogP contribution in [-0.2, 0) is 9.59 Å². The van der Waals surface area contributed by atoms with Crippen molar-refractivity contribution in [3.8, 4) is 0 Å². The largest absolute Gasteiger partial charge is 0.347 e. The first-order valence-corrected chi connectivity index (χ1v) is 7.56. The number of nitrogens with zero attached hydrogens (tertiary/aromatic N) is 1. The quantitative estimate of drug-likeness (QED) is 0.678. The van der Waals surface area contributed by atoms with Gasteiger partial charge in [-0.1, -0.05) is 0 Å². The maximum Gasteiger partial charge on any atom is 0.243 e. The summed E-state index contributed by atoms with van der Waals surface area (Å²) in [7, 11) is 0. The van der Waals surface area contributed by atoms with Crippen LogP contribution in [0.2, 0.25) is 0 Å². The zero-order chi connectivity index (χ0) is 15.8. The number of benzene rings is 1. The molecule has 0 unspecified atom stereocenters. The molecule has 116 valence electrons. The summed E-state index contributed by atoms with van der Waals surface area (Å²) in [5.41, 5.74) is 0.547. The molecule has 1 aromatic heterocycles. The van der Waals surface area contributed by atoms with Crippen LogP contribution in [-0.4, -0.2) is 34.3 Å². The van der Waals surface area contributed by atoms with Crippen LogP contribution < -0.4 is 10.6 Å². The van der Waals surface area contributed by atoms with Crippen LogP contribution >= 0.6 is 11.8 Å². The Balaban J connectivity index is 1.61. The van der Waals surface area contributed by atoms with Crippen LogP contribution in [0.15, 0.2) is 41.6 Å². The van der Waals surface area contributed by atoms with Gasteiger partial charge < -0.3 is 10.6 Å². The minimum absolute atomic E-state index is 0.0920. The molecule has 2 amide bonds. The Hall–Kier alpha value is -2.35. The summed E-state index contributed by atoms with van der Waals surface area (Å²) in [6.07, 6.45) is 3.29. The van der Waals surface area contributed by atoms with E-state index < -0.39 is 0 Å². The van der Waals surface area contributed by atoms with Gasteiger partial charge in [0.05, 0.1) is 18.4 Å². The normalized spacial score (nSPS) is 10.2. The third-order valence-corrected chi connectivity index (χ3v) is 3.65. The molecular weight excluding hydrogens is 307 g/mol. The third kappa shape index (κ3) is 5.57. The molecule has 8 heteroatoms. The van der Waals surface area contributed by atoms with Crippen molar-refractivity contribution < 1.29 is 14.0 Å². The van der Waals surface area contributed by atoms with Crippen molar-refractivity contribution in [3.63, 3.8) is 0 Å². The van der Waals surface area contributed by atoms with Gasteiger partial charge in [0.2, 0.25) is 11.8 Å². The number of H-pyrrole nitrogens is 1. The summed E-state index contributed by atoms with van der Waals surface area (Å²) in [5, 5.41) is 11.4. The van der Waals surface area contributed by atoms with Crippen molar-refractivity contribution in [2.75, 3.05) is 17.6 Å². The SMILES string of the molecule is O=C(CCSc1ccc(F)cc1)NCC(=O)Nc1cn[nH]c1. The number of aromatic nitrogens is 2. The van der Waals surface area contributed by atoms with Crippen molar-refractivity contribution in [2.24, 2.45) is 0 Å². The van der Waals surface area contributed by atoms with Gasteiger partial charge in [-0.2, -0.15) is 5.10 Å². The number of thioether (sulfide) groups is 1. The van der Waals surface area contributed by atoms with E-state index in [-0.39, 0.29) is 30.6 Å². The first-order chi connectivity index (χ1) is 10.6. The highest BCUT2D eigenvalue weighted by atomic mass is 32.2. The summed E-state index contributed by atoms with van der Waals surface area (Å²) in [6, 6.07) is 6.08. The molecule has 2 rings (SSSR count). The van der Waals surface area contributed by atoms with E-state index >= 15 is 0 Å². The van der Waals surface area contributed by atoms with Crippen LogP contribution in [0.5, 0.6) is 0 Å². The zero-order valence-electron chi connectivity index (χ0n) is 11.6. The maximum absolute atomic E-state index is 12.7. The van der Waals surface area contributed by atoms with Crippen LogP contribution in [0.3, 0.4) is 0 Å². The van der Waals surface area contributed by atoms with Gasteiger partial charge >= 0.3 is 0 Å². The third-order valence-electron chi connectivity index (χ3n) is 2.64. The van der Waals surface area contributed by atoms with E-state index in [1.165, 1.54) is 30.1 Å². The molecule has 0 saturated heterocycles. The van der Waals surface area contributed by atoms with E-state index in [0.29, 0.717) is 11.4 Å². The minimum atomic E-state index is -0.319. The molecule has 0 aliphatic rings. The standard InChI is InChI=1S/C14H15FN4O2S/c15-10-1-3-12(4-2-10)22-6-5-13(20)16-9-14(21)19-11-7-17-18-8-11/h1-4,7-8H,5-6,9H2,(H,16,20)(H,17,18)(H,19,21). The van der Waals surface area contributed by atoms with Crippen LogP contribution in [0, 0.1) is 5.82 Å². The number of carbonyl (C=O) groups excluding carboxylic acids is 2. The zero-order valence-corrected chi connectivity index (χ0v) is 12.5. The second-order valence-electron chi connectivity index (χ2n) is 4.36. The molecule has 3 N–H and O–H groups in total. The fraction of sp³-hybridized carbons (Fsp3) is 0.214. The van der Waals surface area contributed by atoms with Crippen LogP contribution in [0.4, 0.5) is 10.1 Å². The minimum Gasteiger partial charge on any atom is -0.347 e. The Morgan fingerprint density at radius 1 is 1.23 bits per heavy atom. The number of aromatic amines is 1. The number of hydrogen-bond donors (Lipinski definition) is 3. The number of hydrogen-bond acceptors (Lipinski definition) is 4. The lowest BCUT2D eigenvalue weighted by Gasteiger charge is -2.05. The second-order valence-corrected chi connectivity index (χ2v) is 5.53. The van der Waals surface area contributed by atoms with Gasteiger partial charge in [0.1, 0.15) is 5.82 Å². The molecule has 0 atom stereocenters. The highest BCUT2D eigenvalue weighted by molar-refractivity contribution is 7.99. The lowest BCUT2D eigenvalue weighted by molar-refractivity contribution is -0.123. The molecule has 6 nitrogen and oxygen atoms in total. The first kappa shape index (κ1) is 16.0. The van der Waals surface area contributed by atoms with Gasteiger partial charge in [0.25, 0.3) is 0 Å². The smallest absolute Gasteiger partial charge is 0.243 e. The number of amides is 2. The molecule has 1 aromatic carbocycles. The van der Waals surface area contributed by atoms with Crippen molar-refractivity contribution in [1.82, 2.24) is 15.5 Å². The Labute approximate surface area is 130 Å². The van der Waals surface area contributed by atoms with Gasteiger partial charge in [-0.05, 0) is 24.3 Å². The first-order valence-electron chi connectivity index (χ1n) is 6.57. The van der Waals surface area contributed by atoms with Crippen molar-refractivity contribution in [2.45, 2.75) is 11.3 Å². The molecule has 0 fully saturated rings. The number of rotatable bonds is 7. The molecule has 2 aromatic rings. The molecular formula is C14H15FN4O2S. The highest BCUT2D eigenvalue weighted by Crippen LogP contribution is 2.18. The van der Waals surface area contributed by atoms with E-state index in [9.17, 15) is 14.0 Å². The lowest BCUT2D eigenvalue weighted by atomic mass is 10.4. The average molecular weight is 322 g/mol. The summed E-state index contributed by atoms with van der Waals surface area (Å²) in [5.74, 6) is -0.260. The summed E-state index contributed by atoms with van der Waals surface area (Å²) in [4.78, 5) is 24.0. The molecule has 0 spiro atoms. The molecule has 1 heterocycles. The fourth-order valence-corrected chi connectivity index (χ4v) is 2.44. The molecule has 0 saturated carbocycles. The Morgan fingerprint density at radius 3 is 2.68 bits per heavy atom. The van der Waals surface area contributed by atoms with E-state index in [1.807, 2.05) is 0 Å². The van der Waals surface area contributed by atoms with Crippen LogP contribution in [0.25, 0.3) is 0 Å². The monoisotopic (exact) mass is 322 g/mol. The number of halogens is 1. The van der Waals surface area contributed by atoms with Crippen LogP contribution in [0.1, 0.15) is 6.42 Å². The van der Waals surface area contributed by atoms with Crippen molar-refractivity contribution in [3.05, 3.63) is 42.5 Å². The molecule has 0 radical (unpaired) electrons. The molecule has 0 bridgehead atoms. The molecule has 22 heavy (non-hydrogen) atoms. The topological polar surface area (TPSA) is 86.9 Å². The highest BCUT2D eigenvalue weighted by Gasteiger charge is 2.06. The van der Waals surface area contributed by atoms with E-state index in [2.05, 4.69) is 20.8 Å². The van der Waals surface area contributed by atoms with E-state index in [0.717, 1.165) is 4.90 Å². The van der Waals surface area contributed by atoms with Crippen molar-refractivity contribution >= 4 is 29.3 Å². The van der Waals surface area contributed by atoms with Crippen molar-refractivity contribution in [1.29, 1.82) is 0 Å². The summed E-state index contributed by atoms with van der Waals surface area (Å²) in [6.45, 7) is -0.0920. The Bertz CT molecular complexity index is 616. The maximum atomic E-state index is 12.7. The molecule has 0 aliphatic carbocycles. The number of anilines is 1. The van der Waals surface area contributed by atoms with Gasteiger partial charge in [-0.25, -0.2) is 4.39 Å². The Kier molecular flexibility index (Phi) is 5.96. The lowest BCUT2D eigenvalue weighted by Crippen LogP contribution is -2.32. The van der Waals surface area contributed by atoms with Gasteiger partial charge in [0, 0.05) is 23.3 Å². The number of nitrogens with one attached hydrogen (secondary N) is 3. The molecule has 0 aliphatic heterocycles. The summed E-state index contributed by atoms with van der Waals surface area (Å²) >= 11 is 1.46. The summed E-state index contributed by atoms with van der Waals surface area (Å²) < 4.78 is 12.7. The van der Waals surface area contributed by atoms with Gasteiger partial charge in [0.15, 0.2) is 0 Å². The predicted octanol–water partition coefficient (Wildman–Crippen LogP) is 1.79. The number of carbonyl (C=O) groups is 2. The second kappa shape index (κ2) is 8.18. The van der Waals surface area contributed by atoms with E-state index in [4.69, 9.17) is 0 Å². The van der Waals surface area contributed by atoms with E-state index in [1.54, 1.807) is 18.3 Å². The average Bonchev–Trinajstić information content (AvgIpc) is 3.00. The Morgan fingerprint density at radius 2 is 2.00 bits per heavy atom. The fourth-order valence-electron chi connectivity index (χ4n) is 1.58.